The molecule has 0 fully saturated rings. The van der Waals surface area contributed by atoms with Gasteiger partial charge in [-0.05, 0) is 23.8 Å². The lowest BCUT2D eigenvalue weighted by atomic mass is 10.1. The van der Waals surface area contributed by atoms with Crippen LogP contribution < -0.4 is 5.73 Å². The molecule has 0 bridgehead atoms. The lowest BCUT2D eigenvalue weighted by Crippen LogP contribution is -1.96. The molecular formula is C8H7BrN2. The Balaban J connectivity index is 3.15. The van der Waals surface area contributed by atoms with Crippen molar-refractivity contribution in [1.82, 2.24) is 0 Å². The largest absolute Gasteiger partial charge is 0.326 e. The second-order valence-corrected chi connectivity index (χ2v) is 3.08. The third-order valence-electron chi connectivity index (χ3n) is 1.32. The van der Waals surface area contributed by atoms with Gasteiger partial charge < -0.3 is 5.73 Å². The monoisotopic (exact) mass is 210 g/mol. The van der Waals surface area contributed by atoms with Gasteiger partial charge in [0.15, 0.2) is 0 Å². The number of hydrogen-bond acceptors (Lipinski definition) is 2. The maximum Gasteiger partial charge on any atom is 0.0992 e. The van der Waals surface area contributed by atoms with Crippen molar-refractivity contribution in [2.24, 2.45) is 5.73 Å². The smallest absolute Gasteiger partial charge is 0.0992 e. The lowest BCUT2D eigenvalue weighted by Gasteiger charge is -1.97. The average Bonchev–Trinajstić information content (AvgIpc) is 2.03. The molecule has 56 valence electrons. The van der Waals surface area contributed by atoms with Crippen LogP contribution in [0, 0.1) is 11.3 Å². The maximum atomic E-state index is 8.57. The van der Waals surface area contributed by atoms with Crippen molar-refractivity contribution in [2.45, 2.75) is 6.54 Å². The Bertz CT molecular complexity index is 301. The zero-order valence-electron chi connectivity index (χ0n) is 5.84. The van der Waals surface area contributed by atoms with Crippen LogP contribution >= 0.6 is 15.9 Å². The van der Waals surface area contributed by atoms with Crippen LogP contribution in [0.2, 0.25) is 0 Å². The second-order valence-electron chi connectivity index (χ2n) is 2.16. The minimum Gasteiger partial charge on any atom is -0.326 e. The molecule has 0 aliphatic carbocycles. The third-order valence-corrected chi connectivity index (χ3v) is 1.78. The highest BCUT2D eigenvalue weighted by atomic mass is 79.9. The van der Waals surface area contributed by atoms with Gasteiger partial charge in [-0.2, -0.15) is 5.26 Å². The molecule has 2 nitrogen and oxygen atoms in total. The van der Waals surface area contributed by atoms with E-state index in [4.69, 9.17) is 11.0 Å². The molecular weight excluding hydrogens is 204 g/mol. The Morgan fingerprint density at radius 1 is 1.45 bits per heavy atom. The zero-order chi connectivity index (χ0) is 8.27. The van der Waals surface area contributed by atoms with Crippen molar-refractivity contribution in [2.75, 3.05) is 0 Å². The summed E-state index contributed by atoms with van der Waals surface area (Å²) in [6.45, 7) is 0.466. The van der Waals surface area contributed by atoms with Crippen LogP contribution in [0.5, 0.6) is 0 Å². The topological polar surface area (TPSA) is 49.8 Å². The molecule has 11 heavy (non-hydrogen) atoms. The van der Waals surface area contributed by atoms with Crippen molar-refractivity contribution in [1.29, 1.82) is 5.26 Å². The Morgan fingerprint density at radius 2 is 2.18 bits per heavy atom. The molecule has 1 aromatic rings. The highest BCUT2D eigenvalue weighted by Gasteiger charge is 1.95. The molecule has 2 N–H and O–H groups in total. The molecule has 0 amide bonds. The first kappa shape index (κ1) is 8.25. The second kappa shape index (κ2) is 3.51. The standard InChI is InChI=1S/C8H7BrN2/c9-8-2-6(4-10)1-7(3-8)5-11/h1-3H,4,10H2. The van der Waals surface area contributed by atoms with Gasteiger partial charge in [0.2, 0.25) is 0 Å². The van der Waals surface area contributed by atoms with Gasteiger partial charge in [0, 0.05) is 11.0 Å². The normalized spacial score (nSPS) is 9.18. The predicted molar refractivity (Wildman–Crippen MR) is 46.7 cm³/mol. The molecule has 0 heterocycles. The van der Waals surface area contributed by atoms with Crippen molar-refractivity contribution in [3.05, 3.63) is 33.8 Å². The molecule has 1 aromatic carbocycles. The summed E-state index contributed by atoms with van der Waals surface area (Å²) in [6.07, 6.45) is 0. The van der Waals surface area contributed by atoms with Crippen LogP contribution in [-0.2, 0) is 6.54 Å². The van der Waals surface area contributed by atoms with E-state index in [9.17, 15) is 0 Å². The minimum atomic E-state index is 0.466. The molecule has 0 radical (unpaired) electrons. The highest BCUT2D eigenvalue weighted by molar-refractivity contribution is 9.10. The van der Waals surface area contributed by atoms with Gasteiger partial charge in [0.1, 0.15) is 0 Å². The molecule has 0 saturated carbocycles. The van der Waals surface area contributed by atoms with E-state index in [1.54, 1.807) is 12.1 Å². The maximum absolute atomic E-state index is 8.57. The van der Waals surface area contributed by atoms with Gasteiger partial charge >= 0.3 is 0 Å². The van der Waals surface area contributed by atoms with Gasteiger partial charge in [0.05, 0.1) is 11.6 Å². The summed E-state index contributed by atoms with van der Waals surface area (Å²) in [6, 6.07) is 7.51. The first-order valence-electron chi connectivity index (χ1n) is 3.16. The number of nitriles is 1. The van der Waals surface area contributed by atoms with Crippen LogP contribution in [0.25, 0.3) is 0 Å². The van der Waals surface area contributed by atoms with Crippen LogP contribution in [0.3, 0.4) is 0 Å². The van der Waals surface area contributed by atoms with Gasteiger partial charge in [-0.15, -0.1) is 0 Å². The molecule has 3 heteroatoms. The molecule has 1 rings (SSSR count). The number of hydrogen-bond donors (Lipinski definition) is 1. The fourth-order valence-corrected chi connectivity index (χ4v) is 1.37. The van der Waals surface area contributed by atoms with E-state index < -0.39 is 0 Å². The fraction of sp³-hybridized carbons (Fsp3) is 0.125. The Morgan fingerprint density at radius 3 is 2.73 bits per heavy atom. The van der Waals surface area contributed by atoms with E-state index in [-0.39, 0.29) is 0 Å². The highest BCUT2D eigenvalue weighted by Crippen LogP contribution is 2.14. The SMILES string of the molecule is N#Cc1cc(Br)cc(CN)c1. The average molecular weight is 211 g/mol. The quantitative estimate of drug-likeness (QED) is 0.769. The first-order chi connectivity index (χ1) is 5.26. The number of benzene rings is 1. The first-order valence-corrected chi connectivity index (χ1v) is 3.95. The molecule has 0 aliphatic rings. The lowest BCUT2D eigenvalue weighted by molar-refractivity contribution is 1.07. The summed E-state index contributed by atoms with van der Waals surface area (Å²) >= 11 is 3.29. The van der Waals surface area contributed by atoms with Gasteiger partial charge in [-0.25, -0.2) is 0 Å². The number of nitrogens with zero attached hydrogens (tertiary/aromatic N) is 1. The van der Waals surface area contributed by atoms with Gasteiger partial charge in [-0.1, -0.05) is 15.9 Å². The molecule has 0 spiro atoms. The van der Waals surface area contributed by atoms with Gasteiger partial charge in [0.25, 0.3) is 0 Å². The van der Waals surface area contributed by atoms with E-state index in [0.717, 1.165) is 10.0 Å². The zero-order valence-corrected chi connectivity index (χ0v) is 7.43. The number of rotatable bonds is 1. The van der Waals surface area contributed by atoms with Gasteiger partial charge in [-0.3, -0.25) is 0 Å². The summed E-state index contributed by atoms with van der Waals surface area (Å²) in [5.74, 6) is 0. The summed E-state index contributed by atoms with van der Waals surface area (Å²) < 4.78 is 0.900. The van der Waals surface area contributed by atoms with Crippen LogP contribution in [0.4, 0.5) is 0 Å². The molecule has 0 aliphatic heterocycles. The van der Waals surface area contributed by atoms with E-state index in [1.165, 1.54) is 0 Å². The fourth-order valence-electron chi connectivity index (χ4n) is 0.833. The van der Waals surface area contributed by atoms with E-state index in [0.29, 0.717) is 12.1 Å². The van der Waals surface area contributed by atoms with Crippen molar-refractivity contribution < 1.29 is 0 Å². The summed E-state index contributed by atoms with van der Waals surface area (Å²) in [5, 5.41) is 8.57. The van der Waals surface area contributed by atoms with Crippen molar-refractivity contribution in [3.8, 4) is 6.07 Å². The Labute approximate surface area is 73.8 Å². The van der Waals surface area contributed by atoms with Crippen LogP contribution in [0.15, 0.2) is 22.7 Å². The molecule has 0 saturated heterocycles. The molecule has 0 atom stereocenters. The number of nitrogens with two attached hydrogens (primary N) is 1. The van der Waals surface area contributed by atoms with Crippen LogP contribution in [-0.4, -0.2) is 0 Å². The third kappa shape index (κ3) is 2.04. The van der Waals surface area contributed by atoms with E-state index in [1.807, 2.05) is 6.07 Å². The molecule has 0 aromatic heterocycles. The Kier molecular flexibility index (Phi) is 2.64. The number of halogens is 1. The minimum absolute atomic E-state index is 0.466. The summed E-state index contributed by atoms with van der Waals surface area (Å²) in [7, 11) is 0. The summed E-state index contributed by atoms with van der Waals surface area (Å²) in [4.78, 5) is 0. The van der Waals surface area contributed by atoms with Crippen molar-refractivity contribution in [3.63, 3.8) is 0 Å². The van der Waals surface area contributed by atoms with E-state index in [2.05, 4.69) is 22.0 Å². The van der Waals surface area contributed by atoms with Crippen LogP contribution in [0.1, 0.15) is 11.1 Å². The van der Waals surface area contributed by atoms with Crippen molar-refractivity contribution >= 4 is 15.9 Å². The summed E-state index contributed by atoms with van der Waals surface area (Å²) in [5.41, 5.74) is 7.02. The Hall–Kier alpha value is -0.850. The molecule has 0 unspecified atom stereocenters. The van der Waals surface area contributed by atoms with E-state index >= 15 is 0 Å². The predicted octanol–water partition coefficient (Wildman–Crippen LogP) is 1.78.